The van der Waals surface area contributed by atoms with Crippen LogP contribution in [0.1, 0.15) is 36.5 Å². The highest BCUT2D eigenvalue weighted by molar-refractivity contribution is 5.79. The number of carbonyl (C=O) groups is 2. The smallest absolute Gasteiger partial charge is 0.317 e. The van der Waals surface area contributed by atoms with Gasteiger partial charge >= 0.3 is 6.03 Å². The van der Waals surface area contributed by atoms with E-state index in [2.05, 4.69) is 28.8 Å². The maximum Gasteiger partial charge on any atom is 0.317 e. The van der Waals surface area contributed by atoms with Crippen LogP contribution >= 0.6 is 0 Å². The van der Waals surface area contributed by atoms with Crippen molar-refractivity contribution in [2.75, 3.05) is 26.2 Å². The van der Waals surface area contributed by atoms with E-state index < -0.39 is 0 Å². The first-order valence-corrected chi connectivity index (χ1v) is 10.5. The van der Waals surface area contributed by atoms with E-state index in [0.717, 1.165) is 30.5 Å². The number of nitrogens with zero attached hydrogens (tertiary/aromatic N) is 1. The number of urea groups is 1. The summed E-state index contributed by atoms with van der Waals surface area (Å²) < 4.78 is 6.37. The minimum Gasteiger partial charge on any atom is -0.369 e. The zero-order chi connectivity index (χ0) is 19.9. The third-order valence-corrected chi connectivity index (χ3v) is 6.79. The summed E-state index contributed by atoms with van der Waals surface area (Å²) in [4.78, 5) is 26.7. The zero-order valence-corrected chi connectivity index (χ0v) is 17.1. The van der Waals surface area contributed by atoms with E-state index in [1.807, 2.05) is 25.7 Å². The van der Waals surface area contributed by atoms with E-state index in [0.29, 0.717) is 32.0 Å². The van der Waals surface area contributed by atoms with Crippen LogP contribution in [0.5, 0.6) is 0 Å². The van der Waals surface area contributed by atoms with Crippen molar-refractivity contribution in [2.45, 2.75) is 51.7 Å². The Hall–Kier alpha value is -2.08. The lowest BCUT2D eigenvalue weighted by Gasteiger charge is -2.29. The molecule has 0 radical (unpaired) electrons. The first kappa shape index (κ1) is 19.2. The fraction of sp³-hybridized carbons (Fsp3) is 0.636. The number of amides is 3. The molecule has 4 atom stereocenters. The molecule has 2 bridgehead atoms. The zero-order valence-electron chi connectivity index (χ0n) is 17.1. The molecule has 3 amide bonds. The molecule has 2 N–H and O–H groups in total. The van der Waals surface area contributed by atoms with Crippen molar-refractivity contribution in [3.63, 3.8) is 0 Å². The maximum absolute atomic E-state index is 12.6. The molecule has 6 nitrogen and oxygen atoms in total. The van der Waals surface area contributed by atoms with Gasteiger partial charge in [0.25, 0.3) is 0 Å². The van der Waals surface area contributed by atoms with Gasteiger partial charge in [0.2, 0.25) is 5.91 Å². The molecule has 3 saturated heterocycles. The topological polar surface area (TPSA) is 70.7 Å². The quantitative estimate of drug-likeness (QED) is 0.816. The van der Waals surface area contributed by atoms with E-state index in [-0.39, 0.29) is 29.6 Å². The van der Waals surface area contributed by atoms with E-state index in [9.17, 15) is 9.59 Å². The Morgan fingerprint density at radius 2 is 2.11 bits per heavy atom. The van der Waals surface area contributed by atoms with Crippen LogP contribution in [0.2, 0.25) is 0 Å². The highest BCUT2D eigenvalue weighted by Gasteiger charge is 2.63. The van der Waals surface area contributed by atoms with Crippen molar-refractivity contribution in [2.24, 2.45) is 11.8 Å². The highest BCUT2D eigenvalue weighted by Crippen LogP contribution is 2.54. The summed E-state index contributed by atoms with van der Waals surface area (Å²) in [7, 11) is 0. The first-order chi connectivity index (χ1) is 13.4. The van der Waals surface area contributed by atoms with Gasteiger partial charge in [-0.3, -0.25) is 4.79 Å². The molecule has 0 saturated carbocycles. The summed E-state index contributed by atoms with van der Waals surface area (Å²) in [6.45, 7) is 8.69. The van der Waals surface area contributed by atoms with E-state index >= 15 is 0 Å². The Kier molecular flexibility index (Phi) is 5.08. The molecule has 0 aliphatic carbocycles. The summed E-state index contributed by atoms with van der Waals surface area (Å²) in [5.41, 5.74) is 3.21. The van der Waals surface area contributed by atoms with Gasteiger partial charge in [0.05, 0.1) is 24.7 Å². The molecule has 0 aromatic heterocycles. The predicted octanol–water partition coefficient (Wildman–Crippen LogP) is 2.17. The second kappa shape index (κ2) is 7.39. The normalized spacial score (nSPS) is 30.4. The molecule has 3 fully saturated rings. The standard InChI is InChI=1S/C22H31N3O3/c1-4-23-21(27)25-12-18-17(19-7-8-22(18,13-25)28-19)11-24-20(26)10-16-9-14(2)5-6-15(16)3/h5-6,9,17-19H,4,7-8,10-13H2,1-3H3,(H,23,27)(H,24,26)/t17-,18+,19+,22+/m0/s1. The monoisotopic (exact) mass is 385 g/mol. The van der Waals surface area contributed by atoms with E-state index in [1.54, 1.807) is 0 Å². The number of aryl methyl sites for hydroxylation is 2. The Morgan fingerprint density at radius 1 is 1.29 bits per heavy atom. The summed E-state index contributed by atoms with van der Waals surface area (Å²) in [6, 6.07) is 6.23. The van der Waals surface area contributed by atoms with Gasteiger partial charge in [0.15, 0.2) is 0 Å². The molecule has 1 spiro atoms. The third-order valence-electron chi connectivity index (χ3n) is 6.79. The number of likely N-dealkylation sites (tertiary alicyclic amines) is 1. The first-order valence-electron chi connectivity index (χ1n) is 10.5. The Labute approximate surface area is 167 Å². The van der Waals surface area contributed by atoms with E-state index in [4.69, 9.17) is 4.74 Å². The summed E-state index contributed by atoms with van der Waals surface area (Å²) in [5, 5.41) is 6.04. The predicted molar refractivity (Wildman–Crippen MR) is 107 cm³/mol. The number of ether oxygens (including phenoxy) is 1. The molecule has 0 unspecified atom stereocenters. The lowest BCUT2D eigenvalue weighted by molar-refractivity contribution is -0.120. The second-order valence-electron chi connectivity index (χ2n) is 8.66. The fourth-order valence-corrected chi connectivity index (χ4v) is 5.34. The Balaban J connectivity index is 1.37. The number of carbonyl (C=O) groups excluding carboxylic acids is 2. The van der Waals surface area contributed by atoms with E-state index in [1.165, 1.54) is 5.56 Å². The number of benzene rings is 1. The SMILES string of the molecule is CCNC(=O)N1C[C@@H]2[C@H](CNC(=O)Cc3cc(C)ccc3C)[C@H]3CC[C@]2(C1)O3. The lowest BCUT2D eigenvalue weighted by atomic mass is 9.73. The molecule has 3 heterocycles. The average molecular weight is 386 g/mol. The van der Waals surface area contributed by atoms with Gasteiger partial charge in [-0.15, -0.1) is 0 Å². The molecule has 3 aliphatic heterocycles. The van der Waals surface area contributed by atoms with Gasteiger partial charge in [-0.2, -0.15) is 0 Å². The second-order valence-corrected chi connectivity index (χ2v) is 8.66. The number of hydrogen-bond donors (Lipinski definition) is 2. The van der Waals surface area contributed by atoms with Crippen molar-refractivity contribution in [1.29, 1.82) is 0 Å². The largest absolute Gasteiger partial charge is 0.369 e. The molecule has 1 aromatic carbocycles. The van der Waals surface area contributed by atoms with Crippen molar-refractivity contribution in [3.05, 3.63) is 34.9 Å². The van der Waals surface area contributed by atoms with Crippen LogP contribution in [-0.4, -0.2) is 54.7 Å². The number of fused-ring (bicyclic) bond motifs is 1. The molecular weight excluding hydrogens is 354 g/mol. The number of hydrogen-bond acceptors (Lipinski definition) is 3. The van der Waals surface area contributed by atoms with Crippen LogP contribution in [-0.2, 0) is 16.0 Å². The summed E-state index contributed by atoms with van der Waals surface area (Å²) >= 11 is 0. The van der Waals surface area contributed by atoms with Gasteiger partial charge in [-0.05, 0) is 44.7 Å². The summed E-state index contributed by atoms with van der Waals surface area (Å²) in [5.74, 6) is 0.662. The minimum atomic E-state index is -0.196. The molecule has 4 rings (SSSR count). The van der Waals surface area contributed by atoms with Crippen LogP contribution in [0.25, 0.3) is 0 Å². The van der Waals surface area contributed by atoms with Crippen molar-refractivity contribution in [1.82, 2.24) is 15.5 Å². The summed E-state index contributed by atoms with van der Waals surface area (Å²) in [6.07, 6.45) is 2.66. The van der Waals surface area contributed by atoms with Crippen molar-refractivity contribution >= 4 is 11.9 Å². The third kappa shape index (κ3) is 3.39. The number of rotatable bonds is 5. The maximum atomic E-state index is 12.6. The van der Waals surface area contributed by atoms with Gasteiger partial charge in [0.1, 0.15) is 0 Å². The van der Waals surface area contributed by atoms with Crippen LogP contribution in [0.3, 0.4) is 0 Å². The van der Waals surface area contributed by atoms with Crippen LogP contribution in [0.15, 0.2) is 18.2 Å². The Bertz CT molecular complexity index is 780. The Morgan fingerprint density at radius 3 is 2.89 bits per heavy atom. The van der Waals surface area contributed by atoms with Gasteiger partial charge in [-0.1, -0.05) is 23.8 Å². The minimum absolute atomic E-state index is 0.00367. The van der Waals surface area contributed by atoms with Crippen LogP contribution < -0.4 is 10.6 Å². The van der Waals surface area contributed by atoms with Crippen LogP contribution in [0, 0.1) is 25.7 Å². The molecule has 6 heteroatoms. The molecule has 1 aromatic rings. The van der Waals surface area contributed by atoms with Gasteiger partial charge < -0.3 is 20.3 Å². The highest BCUT2D eigenvalue weighted by atomic mass is 16.5. The fourth-order valence-electron chi connectivity index (χ4n) is 5.34. The average Bonchev–Trinajstić information content (AvgIpc) is 3.31. The molecule has 3 aliphatic rings. The van der Waals surface area contributed by atoms with Gasteiger partial charge in [-0.25, -0.2) is 4.79 Å². The van der Waals surface area contributed by atoms with Crippen LogP contribution in [0.4, 0.5) is 4.79 Å². The van der Waals surface area contributed by atoms with Crippen molar-refractivity contribution in [3.8, 4) is 0 Å². The van der Waals surface area contributed by atoms with Gasteiger partial charge in [0, 0.05) is 31.5 Å². The molecule has 28 heavy (non-hydrogen) atoms. The lowest BCUT2D eigenvalue weighted by Crippen LogP contribution is -2.42. The number of nitrogens with one attached hydrogen (secondary N) is 2. The molecular formula is C22H31N3O3. The van der Waals surface area contributed by atoms with Crippen molar-refractivity contribution < 1.29 is 14.3 Å². The molecule has 152 valence electrons.